The maximum absolute atomic E-state index is 5.70. The first-order valence-electron chi connectivity index (χ1n) is 5.66. The molecule has 0 bridgehead atoms. The van der Waals surface area contributed by atoms with Crippen LogP contribution >= 0.6 is 0 Å². The molecule has 0 amide bonds. The quantitative estimate of drug-likeness (QED) is 0.686. The fourth-order valence-electron chi connectivity index (χ4n) is 1.68. The zero-order valence-corrected chi connectivity index (χ0v) is 9.61. The summed E-state index contributed by atoms with van der Waals surface area (Å²) < 4.78 is 10.8. The molecule has 88 valence electrons. The predicted molar refractivity (Wildman–Crippen MR) is 68.5 cm³/mol. The van der Waals surface area contributed by atoms with Crippen LogP contribution in [-0.2, 0) is 0 Å². The number of hydrogen-bond acceptors (Lipinski definition) is 3. The van der Waals surface area contributed by atoms with Gasteiger partial charge in [0.15, 0.2) is 5.76 Å². The van der Waals surface area contributed by atoms with Crippen molar-refractivity contribution < 1.29 is 9.26 Å². The largest absolute Gasteiger partial charge is 0.457 e. The van der Waals surface area contributed by atoms with Gasteiger partial charge in [0, 0.05) is 11.6 Å². The highest BCUT2D eigenvalue weighted by atomic mass is 16.5. The van der Waals surface area contributed by atoms with Crippen LogP contribution in [0.4, 0.5) is 0 Å². The third-order valence-electron chi connectivity index (χ3n) is 2.56. The van der Waals surface area contributed by atoms with E-state index < -0.39 is 0 Å². The Kier molecular flexibility index (Phi) is 2.80. The van der Waals surface area contributed by atoms with Crippen molar-refractivity contribution in [1.29, 1.82) is 0 Å². The molecule has 0 aliphatic carbocycles. The molecule has 0 atom stereocenters. The molecular weight excluding hydrogens is 226 g/mol. The molecule has 0 spiro atoms. The summed E-state index contributed by atoms with van der Waals surface area (Å²) in [6, 6.07) is 19.2. The smallest absolute Gasteiger partial charge is 0.166 e. The van der Waals surface area contributed by atoms with E-state index >= 15 is 0 Å². The molecule has 0 fully saturated rings. The number of benzene rings is 2. The van der Waals surface area contributed by atoms with Crippen molar-refractivity contribution in [1.82, 2.24) is 5.16 Å². The Morgan fingerprint density at radius 1 is 0.778 bits per heavy atom. The lowest BCUT2D eigenvalue weighted by Crippen LogP contribution is -1.83. The average molecular weight is 237 g/mol. The van der Waals surface area contributed by atoms with Gasteiger partial charge >= 0.3 is 0 Å². The van der Waals surface area contributed by atoms with Gasteiger partial charge in [0.25, 0.3) is 0 Å². The molecule has 1 heterocycles. The summed E-state index contributed by atoms with van der Waals surface area (Å²) in [4.78, 5) is 0. The maximum Gasteiger partial charge on any atom is 0.166 e. The standard InChI is InChI=1S/C15H11NO2/c1-2-4-13(5-3-1)17-14-8-6-12(7-9-14)15-10-11-16-18-15/h1-11H. The number of nitrogens with zero attached hydrogens (tertiary/aromatic N) is 1. The first-order chi connectivity index (χ1) is 8.92. The molecule has 0 saturated heterocycles. The second-order valence-electron chi connectivity index (χ2n) is 3.82. The Morgan fingerprint density at radius 2 is 1.50 bits per heavy atom. The van der Waals surface area contributed by atoms with Crippen LogP contribution in [0.1, 0.15) is 0 Å². The van der Waals surface area contributed by atoms with E-state index in [1.54, 1.807) is 6.20 Å². The third-order valence-corrected chi connectivity index (χ3v) is 2.56. The highest BCUT2D eigenvalue weighted by Gasteiger charge is 2.02. The average Bonchev–Trinajstić information content (AvgIpc) is 2.95. The Balaban J connectivity index is 1.80. The second kappa shape index (κ2) is 4.75. The molecule has 3 aromatic rings. The Bertz CT molecular complexity index is 601. The molecule has 0 unspecified atom stereocenters. The minimum atomic E-state index is 0.751. The molecule has 0 N–H and O–H groups in total. The van der Waals surface area contributed by atoms with Gasteiger partial charge in [-0.05, 0) is 36.4 Å². The molecule has 2 aromatic carbocycles. The lowest BCUT2D eigenvalue weighted by atomic mass is 10.2. The van der Waals surface area contributed by atoms with E-state index in [2.05, 4.69) is 5.16 Å². The molecule has 3 nitrogen and oxygen atoms in total. The van der Waals surface area contributed by atoms with E-state index in [1.807, 2.05) is 60.7 Å². The number of rotatable bonds is 3. The van der Waals surface area contributed by atoms with E-state index in [-0.39, 0.29) is 0 Å². The Morgan fingerprint density at radius 3 is 2.17 bits per heavy atom. The fraction of sp³-hybridized carbons (Fsp3) is 0. The number of hydrogen-bond donors (Lipinski definition) is 0. The highest BCUT2D eigenvalue weighted by Crippen LogP contribution is 2.25. The Hall–Kier alpha value is -2.55. The predicted octanol–water partition coefficient (Wildman–Crippen LogP) is 4.13. The van der Waals surface area contributed by atoms with Crippen molar-refractivity contribution in [2.75, 3.05) is 0 Å². The Labute approximate surface area is 105 Å². The SMILES string of the molecule is c1ccc(Oc2ccc(-c3ccno3)cc2)cc1. The number of aromatic nitrogens is 1. The molecule has 0 saturated carbocycles. The molecule has 3 rings (SSSR count). The van der Waals surface area contributed by atoms with Gasteiger partial charge in [-0.2, -0.15) is 0 Å². The van der Waals surface area contributed by atoms with E-state index in [1.165, 1.54) is 0 Å². The van der Waals surface area contributed by atoms with Gasteiger partial charge in [-0.25, -0.2) is 0 Å². The second-order valence-corrected chi connectivity index (χ2v) is 3.82. The molecule has 3 heteroatoms. The lowest BCUT2D eigenvalue weighted by molar-refractivity contribution is 0.432. The first-order valence-corrected chi connectivity index (χ1v) is 5.66. The summed E-state index contributed by atoms with van der Waals surface area (Å²) in [6.07, 6.45) is 1.63. The zero-order chi connectivity index (χ0) is 12.2. The van der Waals surface area contributed by atoms with Crippen LogP contribution in [0, 0.1) is 0 Å². The van der Waals surface area contributed by atoms with Gasteiger partial charge in [0.05, 0.1) is 6.20 Å². The van der Waals surface area contributed by atoms with Gasteiger partial charge in [0.1, 0.15) is 11.5 Å². The van der Waals surface area contributed by atoms with Crippen LogP contribution in [0.3, 0.4) is 0 Å². The summed E-state index contributed by atoms with van der Waals surface area (Å²) in [5.41, 5.74) is 0.980. The first kappa shape index (κ1) is 10.6. The normalized spacial score (nSPS) is 10.2. The van der Waals surface area contributed by atoms with Gasteiger partial charge in [-0.15, -0.1) is 0 Å². The molecule has 0 aliphatic rings. The van der Waals surface area contributed by atoms with Crippen LogP contribution in [0.5, 0.6) is 11.5 Å². The lowest BCUT2D eigenvalue weighted by Gasteiger charge is -2.05. The summed E-state index contributed by atoms with van der Waals surface area (Å²) >= 11 is 0. The number of ether oxygens (including phenoxy) is 1. The van der Waals surface area contributed by atoms with Crippen LogP contribution in [0.15, 0.2) is 71.4 Å². The third kappa shape index (κ3) is 2.25. The van der Waals surface area contributed by atoms with Crippen molar-refractivity contribution in [3.8, 4) is 22.8 Å². The van der Waals surface area contributed by atoms with Gasteiger partial charge in [-0.1, -0.05) is 23.4 Å². The van der Waals surface area contributed by atoms with Crippen molar-refractivity contribution in [2.45, 2.75) is 0 Å². The van der Waals surface area contributed by atoms with Gasteiger partial charge < -0.3 is 9.26 Å². The van der Waals surface area contributed by atoms with Crippen LogP contribution in [-0.4, -0.2) is 5.16 Å². The van der Waals surface area contributed by atoms with Gasteiger partial charge in [0.2, 0.25) is 0 Å². The maximum atomic E-state index is 5.70. The van der Waals surface area contributed by atoms with Crippen molar-refractivity contribution >= 4 is 0 Å². The fourth-order valence-corrected chi connectivity index (χ4v) is 1.68. The molecule has 0 aliphatic heterocycles. The summed E-state index contributed by atoms with van der Waals surface area (Å²) in [6.45, 7) is 0. The minimum absolute atomic E-state index is 0.751. The van der Waals surface area contributed by atoms with Crippen molar-refractivity contribution in [3.63, 3.8) is 0 Å². The molecule has 18 heavy (non-hydrogen) atoms. The summed E-state index contributed by atoms with van der Waals surface area (Å²) in [5.74, 6) is 2.37. The highest BCUT2D eigenvalue weighted by molar-refractivity contribution is 5.57. The van der Waals surface area contributed by atoms with Gasteiger partial charge in [-0.3, -0.25) is 0 Å². The summed E-state index contributed by atoms with van der Waals surface area (Å²) in [7, 11) is 0. The van der Waals surface area contributed by atoms with E-state index in [4.69, 9.17) is 9.26 Å². The van der Waals surface area contributed by atoms with E-state index in [0.717, 1.165) is 22.8 Å². The van der Waals surface area contributed by atoms with Crippen molar-refractivity contribution in [3.05, 3.63) is 66.9 Å². The zero-order valence-electron chi connectivity index (χ0n) is 9.61. The van der Waals surface area contributed by atoms with Crippen LogP contribution < -0.4 is 4.74 Å². The van der Waals surface area contributed by atoms with E-state index in [0.29, 0.717) is 0 Å². The van der Waals surface area contributed by atoms with Crippen molar-refractivity contribution in [2.24, 2.45) is 0 Å². The van der Waals surface area contributed by atoms with Crippen LogP contribution in [0.2, 0.25) is 0 Å². The summed E-state index contributed by atoms with van der Waals surface area (Å²) in [5, 5.41) is 3.68. The van der Waals surface area contributed by atoms with E-state index in [9.17, 15) is 0 Å². The topological polar surface area (TPSA) is 35.3 Å². The molecular formula is C15H11NO2. The minimum Gasteiger partial charge on any atom is -0.457 e. The molecule has 0 radical (unpaired) electrons. The monoisotopic (exact) mass is 237 g/mol. The van der Waals surface area contributed by atoms with Crippen LogP contribution in [0.25, 0.3) is 11.3 Å². The number of para-hydroxylation sites is 1. The molecule has 1 aromatic heterocycles.